The zero-order valence-corrected chi connectivity index (χ0v) is 9.64. The van der Waals surface area contributed by atoms with E-state index >= 15 is 0 Å². The van der Waals surface area contributed by atoms with Gasteiger partial charge in [0.15, 0.2) is 0 Å². The molecule has 0 saturated carbocycles. The van der Waals surface area contributed by atoms with Crippen LogP contribution in [0.25, 0.3) is 0 Å². The fourth-order valence-corrected chi connectivity index (χ4v) is 1.03. The summed E-state index contributed by atoms with van der Waals surface area (Å²) >= 11 is 0. The van der Waals surface area contributed by atoms with Crippen molar-refractivity contribution in [1.29, 1.82) is 0 Å². The molecule has 88 valence electrons. The Labute approximate surface area is 100 Å². The van der Waals surface area contributed by atoms with Crippen molar-refractivity contribution < 1.29 is 9.53 Å². The van der Waals surface area contributed by atoms with E-state index < -0.39 is 5.97 Å². The van der Waals surface area contributed by atoms with E-state index in [2.05, 4.69) is 16.8 Å². The Hall–Kier alpha value is -2.28. The van der Waals surface area contributed by atoms with Crippen LogP contribution < -0.4 is 5.73 Å². The molecule has 17 heavy (non-hydrogen) atoms. The number of carbonyl (C=O) groups excluding carboxylic acids is 1. The molecule has 0 spiro atoms. The van der Waals surface area contributed by atoms with Gasteiger partial charge in [0, 0.05) is 36.2 Å². The van der Waals surface area contributed by atoms with Gasteiger partial charge in [-0.3, -0.25) is 4.98 Å². The Kier molecular flexibility index (Phi) is 5.32. The summed E-state index contributed by atoms with van der Waals surface area (Å²) in [7, 11) is 0. The zero-order chi connectivity index (χ0) is 12.5. The topological polar surface area (TPSA) is 65.2 Å². The van der Waals surface area contributed by atoms with Gasteiger partial charge in [-0.15, -0.1) is 0 Å². The van der Waals surface area contributed by atoms with Crippen molar-refractivity contribution in [2.45, 2.75) is 13.3 Å². The van der Waals surface area contributed by atoms with Gasteiger partial charge in [0.05, 0.1) is 0 Å². The number of hydrogen-bond acceptors (Lipinski definition) is 4. The maximum Gasteiger partial charge on any atom is 0.332 e. The molecule has 4 heteroatoms. The van der Waals surface area contributed by atoms with Gasteiger partial charge in [-0.1, -0.05) is 11.8 Å². The van der Waals surface area contributed by atoms with Crippen LogP contribution in [0, 0.1) is 11.8 Å². The Morgan fingerprint density at radius 1 is 1.65 bits per heavy atom. The molecular formula is C13H14N2O2. The second-order valence-corrected chi connectivity index (χ2v) is 3.35. The fraction of sp³-hybridized carbons (Fsp3) is 0.231. The monoisotopic (exact) mass is 230 g/mol. The largest absolute Gasteiger partial charge is 0.461 e. The van der Waals surface area contributed by atoms with Gasteiger partial charge in [-0.05, 0) is 19.1 Å². The number of hydrogen-bond donors (Lipinski definition) is 1. The lowest BCUT2D eigenvalue weighted by Crippen LogP contribution is -2.04. The van der Waals surface area contributed by atoms with Crippen molar-refractivity contribution in [3.05, 3.63) is 41.9 Å². The van der Waals surface area contributed by atoms with Crippen LogP contribution in [0.5, 0.6) is 0 Å². The van der Waals surface area contributed by atoms with Crippen molar-refractivity contribution in [3.63, 3.8) is 0 Å². The van der Waals surface area contributed by atoms with E-state index in [1.807, 2.05) is 12.1 Å². The first-order chi connectivity index (χ1) is 8.18. The molecule has 1 aromatic heterocycles. The number of carbonyl (C=O) groups is 1. The van der Waals surface area contributed by atoms with Gasteiger partial charge in [0.1, 0.15) is 6.61 Å². The summed E-state index contributed by atoms with van der Waals surface area (Å²) in [6, 6.07) is 3.69. The first-order valence-corrected chi connectivity index (χ1v) is 5.18. The van der Waals surface area contributed by atoms with E-state index in [4.69, 9.17) is 10.5 Å². The smallest absolute Gasteiger partial charge is 0.332 e. The molecule has 0 radical (unpaired) electrons. The Morgan fingerprint density at radius 3 is 3.12 bits per heavy atom. The molecule has 0 saturated heterocycles. The zero-order valence-electron chi connectivity index (χ0n) is 9.64. The third kappa shape index (κ3) is 6.00. The molecule has 0 aliphatic carbocycles. The summed E-state index contributed by atoms with van der Waals surface area (Å²) in [5.41, 5.74) is 6.60. The third-order valence-electron chi connectivity index (χ3n) is 1.71. The molecule has 0 amide bonds. The summed E-state index contributed by atoms with van der Waals surface area (Å²) in [5, 5.41) is 0. The molecule has 0 aliphatic heterocycles. The van der Waals surface area contributed by atoms with Gasteiger partial charge >= 0.3 is 5.97 Å². The number of ether oxygens (including phenoxy) is 1. The van der Waals surface area contributed by atoms with Gasteiger partial charge < -0.3 is 10.5 Å². The van der Waals surface area contributed by atoms with Crippen LogP contribution in [0.2, 0.25) is 0 Å². The number of allylic oxidation sites excluding steroid dienone is 1. The highest BCUT2D eigenvalue weighted by atomic mass is 16.5. The first kappa shape index (κ1) is 12.8. The van der Waals surface area contributed by atoms with E-state index in [0.29, 0.717) is 12.1 Å². The molecule has 0 aromatic carbocycles. The van der Waals surface area contributed by atoms with E-state index in [-0.39, 0.29) is 6.61 Å². The maximum absolute atomic E-state index is 11.0. The average molecular weight is 230 g/mol. The minimum Gasteiger partial charge on any atom is -0.461 e. The normalized spacial score (nSPS) is 10.3. The molecule has 0 aliphatic rings. The van der Waals surface area contributed by atoms with Crippen molar-refractivity contribution in [2.24, 2.45) is 5.73 Å². The molecule has 0 bridgehead atoms. The van der Waals surface area contributed by atoms with Crippen molar-refractivity contribution in [1.82, 2.24) is 4.98 Å². The first-order valence-electron chi connectivity index (χ1n) is 5.18. The maximum atomic E-state index is 11.0. The number of rotatable bonds is 3. The van der Waals surface area contributed by atoms with E-state index in [9.17, 15) is 4.79 Å². The van der Waals surface area contributed by atoms with Gasteiger partial charge in [-0.2, -0.15) is 0 Å². The summed E-state index contributed by atoms with van der Waals surface area (Å²) in [6.07, 6.45) is 5.10. The van der Waals surface area contributed by atoms with E-state index in [1.165, 1.54) is 6.08 Å². The fourth-order valence-electron chi connectivity index (χ4n) is 1.03. The molecule has 0 unspecified atom stereocenters. The molecule has 1 heterocycles. The number of nitrogens with zero attached hydrogens (tertiary/aromatic N) is 1. The van der Waals surface area contributed by atoms with Gasteiger partial charge in [0.2, 0.25) is 0 Å². The van der Waals surface area contributed by atoms with E-state index in [1.54, 1.807) is 19.3 Å². The van der Waals surface area contributed by atoms with Gasteiger partial charge in [-0.25, -0.2) is 4.79 Å². The predicted octanol–water partition coefficient (Wildman–Crippen LogP) is 1.23. The van der Waals surface area contributed by atoms with E-state index in [0.717, 1.165) is 5.56 Å². The lowest BCUT2D eigenvalue weighted by molar-refractivity contribution is -0.137. The minimum absolute atomic E-state index is 0.260. The highest BCUT2D eigenvalue weighted by Crippen LogP contribution is 1.92. The van der Waals surface area contributed by atoms with Crippen LogP contribution in [-0.2, 0) is 9.53 Å². The number of aromatic nitrogens is 1. The average Bonchev–Trinajstić information content (AvgIpc) is 2.29. The van der Waals surface area contributed by atoms with Crippen LogP contribution in [0.4, 0.5) is 0 Å². The quantitative estimate of drug-likeness (QED) is 0.367. The predicted molar refractivity (Wildman–Crippen MR) is 64.6 cm³/mol. The van der Waals surface area contributed by atoms with Crippen LogP contribution in [0.15, 0.2) is 36.3 Å². The molecular weight excluding hydrogens is 216 g/mol. The van der Waals surface area contributed by atoms with Crippen molar-refractivity contribution >= 4 is 5.97 Å². The van der Waals surface area contributed by atoms with Crippen LogP contribution in [0.3, 0.4) is 0 Å². The lowest BCUT2D eigenvalue weighted by atomic mass is 10.3. The molecule has 1 aromatic rings. The third-order valence-corrected chi connectivity index (χ3v) is 1.71. The highest BCUT2D eigenvalue weighted by molar-refractivity contribution is 5.82. The number of esters is 1. The Morgan fingerprint density at radius 2 is 2.47 bits per heavy atom. The minimum atomic E-state index is -0.437. The lowest BCUT2D eigenvalue weighted by Gasteiger charge is -1.97. The van der Waals surface area contributed by atoms with Crippen LogP contribution in [-0.4, -0.2) is 17.6 Å². The van der Waals surface area contributed by atoms with Crippen LogP contribution >= 0.6 is 0 Å². The van der Waals surface area contributed by atoms with Gasteiger partial charge in [0.25, 0.3) is 0 Å². The SMILES string of the molecule is C/C(N)=C/C(=O)OCCC#Cc1cccnc1. The molecule has 4 nitrogen and oxygen atoms in total. The Bertz CT molecular complexity index is 451. The number of pyridine rings is 1. The summed E-state index contributed by atoms with van der Waals surface area (Å²) < 4.78 is 4.88. The summed E-state index contributed by atoms with van der Waals surface area (Å²) in [6.45, 7) is 1.89. The molecule has 1 rings (SSSR count). The number of nitrogens with two attached hydrogens (primary N) is 1. The highest BCUT2D eigenvalue weighted by Gasteiger charge is 1.95. The summed E-state index contributed by atoms with van der Waals surface area (Å²) in [5.74, 6) is 5.37. The molecule has 0 atom stereocenters. The van der Waals surface area contributed by atoms with Crippen molar-refractivity contribution in [3.8, 4) is 11.8 Å². The summed E-state index contributed by atoms with van der Waals surface area (Å²) in [4.78, 5) is 15.0. The second-order valence-electron chi connectivity index (χ2n) is 3.35. The molecule has 0 fully saturated rings. The van der Waals surface area contributed by atoms with Crippen molar-refractivity contribution in [2.75, 3.05) is 6.61 Å². The second kappa shape index (κ2) is 7.07. The Balaban J connectivity index is 2.28. The van der Waals surface area contributed by atoms with Crippen LogP contribution in [0.1, 0.15) is 18.9 Å². The molecule has 2 N–H and O–H groups in total. The standard InChI is InChI=1S/C13H14N2O2/c1-11(14)9-13(16)17-8-3-2-5-12-6-4-7-15-10-12/h4,6-7,9-10H,3,8,14H2,1H3/b11-9-.